The normalized spacial score (nSPS) is 11.9. The number of benzene rings is 3. The molecule has 0 radical (unpaired) electrons. The predicted octanol–water partition coefficient (Wildman–Crippen LogP) is 4.48. The van der Waals surface area contributed by atoms with E-state index in [9.17, 15) is 9.59 Å². The third kappa shape index (κ3) is 7.41. The van der Waals surface area contributed by atoms with Gasteiger partial charge in [0.15, 0.2) is 0 Å². The van der Waals surface area contributed by atoms with E-state index in [1.54, 1.807) is 22.8 Å². The van der Waals surface area contributed by atoms with Crippen molar-refractivity contribution in [2.45, 2.75) is 32.5 Å². The maximum atomic E-state index is 13.7. The number of rotatable bonds is 12. The van der Waals surface area contributed by atoms with E-state index in [0.29, 0.717) is 60.9 Å². The van der Waals surface area contributed by atoms with Gasteiger partial charge in [-0.3, -0.25) is 9.36 Å². The van der Waals surface area contributed by atoms with Crippen molar-refractivity contribution in [2.75, 3.05) is 19.6 Å². The molecule has 0 aliphatic heterocycles. The molecule has 0 aliphatic rings. The van der Waals surface area contributed by atoms with Crippen molar-refractivity contribution in [1.29, 1.82) is 0 Å². The van der Waals surface area contributed by atoms with Gasteiger partial charge >= 0.3 is 6.09 Å². The van der Waals surface area contributed by atoms with E-state index in [2.05, 4.69) is 47.1 Å². The Kier molecular flexibility index (Phi) is 9.48. The summed E-state index contributed by atoms with van der Waals surface area (Å²) in [6.45, 7) is 4.44. The Bertz CT molecular complexity index is 1420. The number of amides is 1. The minimum Gasteiger partial charge on any atom is -0.465 e. The van der Waals surface area contributed by atoms with Gasteiger partial charge in [-0.1, -0.05) is 71.8 Å². The number of aryl methyl sites for hydroxylation is 1. The van der Waals surface area contributed by atoms with E-state index < -0.39 is 6.09 Å². The first kappa shape index (κ1) is 27.3. The van der Waals surface area contributed by atoms with Gasteiger partial charge in [0.05, 0.1) is 23.5 Å². The maximum Gasteiger partial charge on any atom is 0.404 e. The highest BCUT2D eigenvalue weighted by Crippen LogP contribution is 2.21. The molecule has 8 nitrogen and oxygen atoms in total. The van der Waals surface area contributed by atoms with Crippen molar-refractivity contribution in [3.05, 3.63) is 111 Å². The average molecular weight is 534 g/mol. The summed E-state index contributed by atoms with van der Waals surface area (Å²) in [5.74, 6) is 0.631. The van der Waals surface area contributed by atoms with Crippen LogP contribution in [0, 0.1) is 6.92 Å². The van der Waals surface area contributed by atoms with Crippen molar-refractivity contribution in [2.24, 2.45) is 0 Å². The molecule has 1 heterocycles. The van der Waals surface area contributed by atoms with Crippen molar-refractivity contribution in [3.8, 4) is 0 Å². The van der Waals surface area contributed by atoms with Crippen molar-refractivity contribution in [1.82, 2.24) is 25.5 Å². The lowest BCUT2D eigenvalue weighted by Gasteiger charge is -2.23. The Hall–Kier alpha value is -3.72. The van der Waals surface area contributed by atoms with Crippen molar-refractivity contribution >= 4 is 28.6 Å². The summed E-state index contributed by atoms with van der Waals surface area (Å²) in [6, 6.07) is 23.1. The Morgan fingerprint density at radius 1 is 1.00 bits per heavy atom. The Morgan fingerprint density at radius 2 is 1.76 bits per heavy atom. The molecule has 0 fully saturated rings. The SMILES string of the molecule is Cc1ccc(CNC(CCNCCNC(=O)O)c2nc3cc(Cl)ccc3c(=O)n2Cc2ccccc2)cc1. The number of hydrogen-bond acceptors (Lipinski definition) is 5. The third-order valence-corrected chi connectivity index (χ3v) is 6.54. The number of fused-ring (bicyclic) bond motifs is 1. The molecule has 0 bridgehead atoms. The third-order valence-electron chi connectivity index (χ3n) is 6.30. The fraction of sp³-hybridized carbons (Fsp3) is 0.276. The van der Waals surface area contributed by atoms with Gasteiger partial charge in [0.2, 0.25) is 0 Å². The van der Waals surface area contributed by atoms with Crippen molar-refractivity contribution < 1.29 is 9.90 Å². The summed E-state index contributed by atoms with van der Waals surface area (Å²) in [5, 5.41) is 19.1. The van der Waals surface area contributed by atoms with Crippen LogP contribution in [0.2, 0.25) is 5.02 Å². The summed E-state index contributed by atoms with van der Waals surface area (Å²) in [7, 11) is 0. The summed E-state index contributed by atoms with van der Waals surface area (Å²) >= 11 is 6.26. The van der Waals surface area contributed by atoms with Gasteiger partial charge in [0.25, 0.3) is 5.56 Å². The van der Waals surface area contributed by atoms with Crippen molar-refractivity contribution in [3.63, 3.8) is 0 Å². The van der Waals surface area contributed by atoms with Gasteiger partial charge in [-0.05, 0) is 49.2 Å². The molecule has 0 saturated carbocycles. The molecule has 0 saturated heterocycles. The molecular weight excluding hydrogens is 502 g/mol. The van der Waals surface area contributed by atoms with E-state index in [4.69, 9.17) is 21.7 Å². The highest BCUT2D eigenvalue weighted by atomic mass is 35.5. The Morgan fingerprint density at radius 3 is 2.50 bits per heavy atom. The molecule has 1 aromatic heterocycles. The lowest BCUT2D eigenvalue weighted by Crippen LogP contribution is -2.35. The molecule has 38 heavy (non-hydrogen) atoms. The van der Waals surface area contributed by atoms with Gasteiger partial charge in [-0.25, -0.2) is 9.78 Å². The molecule has 1 amide bonds. The van der Waals surface area contributed by atoms with Crippen LogP contribution >= 0.6 is 11.6 Å². The topological polar surface area (TPSA) is 108 Å². The van der Waals surface area contributed by atoms with Crippen LogP contribution in [0.5, 0.6) is 0 Å². The van der Waals surface area contributed by atoms with E-state index in [1.165, 1.54) is 5.56 Å². The first-order chi connectivity index (χ1) is 18.4. The van der Waals surface area contributed by atoms with Crippen LogP contribution in [-0.4, -0.2) is 40.4 Å². The first-order valence-corrected chi connectivity index (χ1v) is 13.0. The zero-order valence-electron chi connectivity index (χ0n) is 21.3. The lowest BCUT2D eigenvalue weighted by atomic mass is 10.1. The summed E-state index contributed by atoms with van der Waals surface area (Å²) < 4.78 is 1.74. The molecule has 0 aliphatic carbocycles. The monoisotopic (exact) mass is 533 g/mol. The van der Waals surface area contributed by atoms with Gasteiger partial charge in [0.1, 0.15) is 5.82 Å². The second kappa shape index (κ2) is 13.2. The average Bonchev–Trinajstić information content (AvgIpc) is 2.90. The number of carboxylic acid groups (broad SMARTS) is 1. The molecular formula is C29H32ClN5O3. The smallest absolute Gasteiger partial charge is 0.404 e. The predicted molar refractivity (Wildman–Crippen MR) is 151 cm³/mol. The van der Waals surface area contributed by atoms with E-state index in [1.807, 2.05) is 30.3 Å². The number of hydrogen-bond donors (Lipinski definition) is 4. The zero-order valence-corrected chi connectivity index (χ0v) is 22.0. The Balaban J connectivity index is 1.67. The molecule has 9 heteroatoms. The van der Waals surface area contributed by atoms with Crippen LogP contribution in [-0.2, 0) is 13.1 Å². The van der Waals surface area contributed by atoms with Crippen LogP contribution in [0.15, 0.2) is 77.6 Å². The fourth-order valence-electron chi connectivity index (χ4n) is 4.29. The molecule has 4 rings (SSSR count). The molecule has 3 aromatic carbocycles. The van der Waals surface area contributed by atoms with E-state index in [0.717, 1.165) is 11.1 Å². The molecule has 1 atom stereocenters. The number of carbonyl (C=O) groups is 1. The van der Waals surface area contributed by atoms with E-state index in [-0.39, 0.29) is 11.6 Å². The van der Waals surface area contributed by atoms with Crippen LogP contribution in [0.25, 0.3) is 10.9 Å². The van der Waals surface area contributed by atoms with Gasteiger partial charge < -0.3 is 21.1 Å². The second-order valence-corrected chi connectivity index (χ2v) is 9.63. The highest BCUT2D eigenvalue weighted by Gasteiger charge is 2.20. The fourth-order valence-corrected chi connectivity index (χ4v) is 4.46. The standard InChI is InChI=1S/C29H32ClN5O3/c1-20-7-9-21(10-8-20)18-33-25(13-14-31-15-16-32-29(37)38)27-34-26-17-23(30)11-12-24(26)28(36)35(27)19-22-5-3-2-4-6-22/h2-12,17,25,31-33H,13-16,18-19H2,1H3,(H,37,38). The van der Waals surface area contributed by atoms with Gasteiger partial charge in [0, 0.05) is 24.7 Å². The maximum absolute atomic E-state index is 13.7. The first-order valence-electron chi connectivity index (χ1n) is 12.6. The number of nitrogens with zero attached hydrogens (tertiary/aromatic N) is 2. The molecule has 4 aromatic rings. The Labute approximate surface area is 226 Å². The summed E-state index contributed by atoms with van der Waals surface area (Å²) in [6.07, 6.45) is -0.417. The van der Waals surface area contributed by atoms with Crippen LogP contribution < -0.4 is 21.5 Å². The molecule has 198 valence electrons. The minimum absolute atomic E-state index is 0.119. The van der Waals surface area contributed by atoms with Crippen LogP contribution in [0.3, 0.4) is 0 Å². The lowest BCUT2D eigenvalue weighted by molar-refractivity contribution is 0.194. The number of halogens is 1. The van der Waals surface area contributed by atoms with Gasteiger partial charge in [-0.2, -0.15) is 0 Å². The largest absolute Gasteiger partial charge is 0.465 e. The number of aromatic nitrogens is 2. The molecule has 4 N–H and O–H groups in total. The molecule has 0 spiro atoms. The van der Waals surface area contributed by atoms with Crippen LogP contribution in [0.1, 0.15) is 35.0 Å². The summed E-state index contributed by atoms with van der Waals surface area (Å²) in [5.41, 5.74) is 3.75. The van der Waals surface area contributed by atoms with E-state index >= 15 is 0 Å². The highest BCUT2D eigenvalue weighted by molar-refractivity contribution is 6.31. The quantitative estimate of drug-likeness (QED) is 0.200. The zero-order chi connectivity index (χ0) is 26.9. The summed E-state index contributed by atoms with van der Waals surface area (Å²) in [4.78, 5) is 29.4. The number of nitrogens with one attached hydrogen (secondary N) is 3. The minimum atomic E-state index is -1.05. The second-order valence-electron chi connectivity index (χ2n) is 9.20. The van der Waals surface area contributed by atoms with Gasteiger partial charge in [-0.15, -0.1) is 0 Å². The molecule has 1 unspecified atom stereocenters. The van der Waals surface area contributed by atoms with Crippen LogP contribution in [0.4, 0.5) is 4.79 Å².